The Kier molecular flexibility index (Phi) is 5.81. The van der Waals surface area contributed by atoms with Crippen LogP contribution in [0.25, 0.3) is 0 Å². The van der Waals surface area contributed by atoms with E-state index in [-0.39, 0.29) is 17.6 Å². The number of benzene rings is 1. The molecule has 0 saturated carbocycles. The van der Waals surface area contributed by atoms with Gasteiger partial charge in [0.25, 0.3) is 11.2 Å². The predicted octanol–water partition coefficient (Wildman–Crippen LogP) is 2.94. The van der Waals surface area contributed by atoms with Crippen LogP contribution in [0.4, 0.5) is 11.5 Å². The average Bonchev–Trinajstić information content (AvgIpc) is 3.09. The van der Waals surface area contributed by atoms with Crippen molar-refractivity contribution in [1.82, 2.24) is 14.3 Å². The molecule has 9 nitrogen and oxygen atoms in total. The van der Waals surface area contributed by atoms with Gasteiger partial charge < -0.3 is 5.32 Å². The van der Waals surface area contributed by atoms with Crippen molar-refractivity contribution < 1.29 is 9.72 Å². The van der Waals surface area contributed by atoms with Crippen LogP contribution in [0.1, 0.15) is 31.9 Å². The van der Waals surface area contributed by atoms with Crippen molar-refractivity contribution in [2.45, 2.75) is 39.3 Å². The van der Waals surface area contributed by atoms with E-state index in [4.69, 9.17) is 0 Å². The minimum atomic E-state index is -0.617. The van der Waals surface area contributed by atoms with Gasteiger partial charge in [-0.25, -0.2) is 4.68 Å². The lowest BCUT2D eigenvalue weighted by Crippen LogP contribution is -2.27. The van der Waals surface area contributed by atoms with Gasteiger partial charge in [-0.15, -0.1) is 0 Å². The van der Waals surface area contributed by atoms with Crippen molar-refractivity contribution in [2.75, 3.05) is 5.32 Å². The molecule has 1 N–H and O–H groups in total. The van der Waals surface area contributed by atoms with Crippen molar-refractivity contribution >= 4 is 17.4 Å². The molecule has 1 aromatic carbocycles. The number of anilines is 1. The molecule has 3 rings (SSSR count). The van der Waals surface area contributed by atoms with Crippen molar-refractivity contribution in [3.8, 4) is 0 Å². The number of hydrogen-bond donors (Lipinski definition) is 1. The van der Waals surface area contributed by atoms with Gasteiger partial charge in [-0.05, 0) is 16.5 Å². The third-order valence-electron chi connectivity index (χ3n) is 4.63. The van der Waals surface area contributed by atoms with Gasteiger partial charge in [0.1, 0.15) is 12.4 Å². The summed E-state index contributed by atoms with van der Waals surface area (Å²) in [6.45, 7) is 6.57. The first-order valence-corrected chi connectivity index (χ1v) is 9.39. The number of nitrogens with one attached hydrogen (secondary N) is 1. The molecule has 3 aromatic rings. The maximum absolute atomic E-state index is 12.4. The Morgan fingerprint density at radius 3 is 2.47 bits per heavy atom. The van der Waals surface area contributed by atoms with Crippen LogP contribution in [0.3, 0.4) is 0 Å². The summed E-state index contributed by atoms with van der Waals surface area (Å²) >= 11 is 0. The van der Waals surface area contributed by atoms with Crippen LogP contribution in [0.15, 0.2) is 59.7 Å². The lowest BCUT2D eigenvalue weighted by molar-refractivity contribution is -0.385. The fourth-order valence-electron chi connectivity index (χ4n) is 2.94. The summed E-state index contributed by atoms with van der Waals surface area (Å²) in [6, 6.07) is 12.0. The minimum absolute atomic E-state index is 0.0635. The fourth-order valence-corrected chi connectivity index (χ4v) is 2.94. The molecule has 0 atom stereocenters. The molecule has 2 heterocycles. The molecule has 0 aliphatic rings. The summed E-state index contributed by atoms with van der Waals surface area (Å²) in [5, 5.41) is 17.8. The normalized spacial score (nSPS) is 11.3. The second kappa shape index (κ2) is 8.32. The number of nitro groups is 1. The van der Waals surface area contributed by atoms with Crippen LogP contribution in [-0.2, 0) is 23.3 Å². The molecule has 0 saturated heterocycles. The smallest absolute Gasteiger partial charge is 0.285 e. The number of amides is 1. The fraction of sp³-hybridized carbons (Fsp3) is 0.286. The molecule has 0 radical (unpaired) electrons. The van der Waals surface area contributed by atoms with Crippen LogP contribution in [0.5, 0.6) is 0 Å². The van der Waals surface area contributed by atoms with E-state index in [1.54, 1.807) is 16.9 Å². The first-order chi connectivity index (χ1) is 14.1. The molecule has 0 spiro atoms. The molecule has 0 aliphatic heterocycles. The number of rotatable bonds is 6. The Labute approximate surface area is 173 Å². The highest BCUT2D eigenvalue weighted by Crippen LogP contribution is 2.22. The Morgan fingerprint density at radius 2 is 1.83 bits per heavy atom. The summed E-state index contributed by atoms with van der Waals surface area (Å²) < 4.78 is 2.64. The molecular weight excluding hydrogens is 386 g/mol. The Balaban J connectivity index is 1.70. The largest absolute Gasteiger partial charge is 0.309 e. The van der Waals surface area contributed by atoms with Crippen LogP contribution < -0.4 is 10.9 Å². The average molecular weight is 409 g/mol. The van der Waals surface area contributed by atoms with Gasteiger partial charge in [0.05, 0.1) is 23.9 Å². The number of nitrogens with zero attached hydrogens (tertiary/aromatic N) is 4. The number of carbonyl (C=O) groups excluding carboxylic acids is 1. The van der Waals surface area contributed by atoms with E-state index in [2.05, 4.69) is 43.3 Å². The van der Waals surface area contributed by atoms with Gasteiger partial charge in [0.2, 0.25) is 5.91 Å². The minimum Gasteiger partial charge on any atom is -0.309 e. The number of pyridine rings is 1. The Hall–Kier alpha value is -3.75. The van der Waals surface area contributed by atoms with E-state index >= 15 is 0 Å². The van der Waals surface area contributed by atoms with E-state index in [0.29, 0.717) is 12.4 Å². The van der Waals surface area contributed by atoms with E-state index in [1.165, 1.54) is 5.56 Å². The highest BCUT2D eigenvalue weighted by molar-refractivity contribution is 5.89. The van der Waals surface area contributed by atoms with Gasteiger partial charge in [-0.3, -0.25) is 24.3 Å². The molecule has 0 fully saturated rings. The van der Waals surface area contributed by atoms with Crippen molar-refractivity contribution in [1.29, 1.82) is 0 Å². The molecule has 0 bridgehead atoms. The number of hydrogen-bond acceptors (Lipinski definition) is 5. The lowest BCUT2D eigenvalue weighted by Gasteiger charge is -2.19. The topological polar surface area (TPSA) is 112 Å². The van der Waals surface area contributed by atoms with E-state index in [9.17, 15) is 19.7 Å². The van der Waals surface area contributed by atoms with Crippen LogP contribution >= 0.6 is 0 Å². The third-order valence-corrected chi connectivity index (χ3v) is 4.63. The van der Waals surface area contributed by atoms with Crippen molar-refractivity contribution in [3.05, 3.63) is 86.5 Å². The molecule has 0 unspecified atom stereocenters. The van der Waals surface area contributed by atoms with E-state index < -0.39 is 16.4 Å². The summed E-state index contributed by atoms with van der Waals surface area (Å²) in [4.78, 5) is 34.5. The molecule has 9 heteroatoms. The molecular formula is C21H23N5O4. The molecule has 156 valence electrons. The Bertz CT molecular complexity index is 1120. The SMILES string of the molecule is CC(C)(C)c1ccc(Cn2nccc2NC(=O)Cn2cc([N+](=O)[O-])ccc2=O)cc1. The summed E-state index contributed by atoms with van der Waals surface area (Å²) in [7, 11) is 0. The number of aromatic nitrogens is 3. The Morgan fingerprint density at radius 1 is 1.13 bits per heavy atom. The quantitative estimate of drug-likeness (QED) is 0.497. The summed E-state index contributed by atoms with van der Waals surface area (Å²) in [5.41, 5.74) is 1.56. The second-order valence-corrected chi connectivity index (χ2v) is 7.98. The van der Waals surface area contributed by atoms with Gasteiger partial charge >= 0.3 is 0 Å². The first kappa shape index (κ1) is 21.0. The van der Waals surface area contributed by atoms with Gasteiger partial charge in [-0.1, -0.05) is 45.0 Å². The number of carbonyl (C=O) groups is 1. The monoisotopic (exact) mass is 409 g/mol. The molecule has 2 aromatic heterocycles. The standard InChI is InChI=1S/C21H23N5O4/c1-21(2,3)16-6-4-15(5-7-16)12-25-18(10-11-22-25)23-19(27)14-24-13-17(26(29)30)8-9-20(24)28/h4-11,13H,12,14H2,1-3H3,(H,23,27). The highest BCUT2D eigenvalue weighted by atomic mass is 16.6. The summed E-state index contributed by atoms with van der Waals surface area (Å²) in [5.74, 6) is -0.0131. The third kappa shape index (κ3) is 4.99. The predicted molar refractivity (Wildman–Crippen MR) is 112 cm³/mol. The molecule has 30 heavy (non-hydrogen) atoms. The van der Waals surface area contributed by atoms with Crippen molar-refractivity contribution in [2.24, 2.45) is 0 Å². The van der Waals surface area contributed by atoms with E-state index in [1.807, 2.05) is 12.1 Å². The van der Waals surface area contributed by atoms with Gasteiger partial charge in [0.15, 0.2) is 0 Å². The van der Waals surface area contributed by atoms with Crippen LogP contribution in [-0.4, -0.2) is 25.2 Å². The zero-order valence-electron chi connectivity index (χ0n) is 17.0. The first-order valence-electron chi connectivity index (χ1n) is 9.39. The van der Waals surface area contributed by atoms with Crippen LogP contribution in [0.2, 0.25) is 0 Å². The van der Waals surface area contributed by atoms with Gasteiger partial charge in [0, 0.05) is 18.2 Å². The van der Waals surface area contributed by atoms with Crippen LogP contribution in [0, 0.1) is 10.1 Å². The highest BCUT2D eigenvalue weighted by Gasteiger charge is 2.14. The maximum atomic E-state index is 12.4. The lowest BCUT2D eigenvalue weighted by atomic mass is 9.87. The summed E-state index contributed by atoms with van der Waals surface area (Å²) in [6.07, 6.45) is 2.62. The zero-order chi connectivity index (χ0) is 21.9. The van der Waals surface area contributed by atoms with Gasteiger partial charge in [-0.2, -0.15) is 5.10 Å². The van der Waals surface area contributed by atoms with E-state index in [0.717, 1.165) is 28.5 Å². The molecule has 1 amide bonds. The maximum Gasteiger partial charge on any atom is 0.285 e. The second-order valence-electron chi connectivity index (χ2n) is 7.98. The molecule has 0 aliphatic carbocycles. The zero-order valence-corrected chi connectivity index (χ0v) is 17.0. The van der Waals surface area contributed by atoms with Crippen molar-refractivity contribution in [3.63, 3.8) is 0 Å².